The Bertz CT molecular complexity index is 312. The Morgan fingerprint density at radius 2 is 2.08 bits per heavy atom. The molecule has 0 saturated heterocycles. The summed E-state index contributed by atoms with van der Waals surface area (Å²) in [7, 11) is 2.11. The minimum atomic E-state index is -0.0421. The van der Waals surface area contributed by atoms with Gasteiger partial charge in [0.15, 0.2) is 0 Å². The molecular weight excluding hydrogens is 177 g/mol. The molecule has 0 N–H and O–H groups in total. The molecule has 2 aliphatic rings. The van der Waals surface area contributed by atoms with Crippen molar-refractivity contribution in [3.8, 4) is 0 Å². The van der Waals surface area contributed by atoms with Crippen molar-refractivity contribution in [1.29, 1.82) is 0 Å². The van der Waals surface area contributed by atoms with Gasteiger partial charge < -0.3 is 0 Å². The van der Waals surface area contributed by atoms with Crippen molar-refractivity contribution < 1.29 is 4.58 Å². The maximum absolute atomic E-state index is 2.42. The molecule has 0 aromatic carbocycles. The highest BCUT2D eigenvalue weighted by molar-refractivity contribution is 7.75. The van der Waals surface area contributed by atoms with E-state index in [4.69, 9.17) is 0 Å². The van der Waals surface area contributed by atoms with Crippen LogP contribution in [0.1, 0.15) is 19.8 Å². The predicted molar refractivity (Wildman–Crippen MR) is 59.4 cm³/mol. The van der Waals surface area contributed by atoms with Gasteiger partial charge in [-0.15, -0.1) is 12.2 Å². The van der Waals surface area contributed by atoms with Crippen LogP contribution in [0.4, 0.5) is 0 Å². The van der Waals surface area contributed by atoms with E-state index in [2.05, 4.69) is 43.3 Å². The molecule has 70 valence electrons. The van der Waals surface area contributed by atoms with Crippen LogP contribution in [0.3, 0.4) is 0 Å². The second-order valence-corrected chi connectivity index (χ2v) is 5.64. The Balaban J connectivity index is 2.44. The van der Waals surface area contributed by atoms with Crippen LogP contribution < -0.4 is 0 Å². The zero-order chi connectivity index (χ0) is 9.42. The summed E-state index contributed by atoms with van der Waals surface area (Å²) in [6, 6.07) is 1.41. The van der Waals surface area contributed by atoms with Gasteiger partial charge in [0, 0.05) is 0 Å². The van der Waals surface area contributed by atoms with Gasteiger partial charge in [-0.25, -0.2) is 0 Å². The molecule has 0 saturated carbocycles. The highest BCUT2D eigenvalue weighted by Crippen LogP contribution is 2.50. The second-order valence-electron chi connectivity index (χ2n) is 3.71. The molecule has 0 spiro atoms. The summed E-state index contributed by atoms with van der Waals surface area (Å²) in [6.07, 6.45) is 7.27. The minimum Gasteiger partial charge on any atom is -0.285 e. The molecule has 1 heterocycles. The third-order valence-electron chi connectivity index (χ3n) is 2.77. The first kappa shape index (κ1) is 9.02. The summed E-state index contributed by atoms with van der Waals surface area (Å²) in [6.45, 7) is 4.55. The summed E-state index contributed by atoms with van der Waals surface area (Å²) >= 11 is 0. The molecule has 0 amide bonds. The first-order chi connectivity index (χ1) is 6.20. The van der Waals surface area contributed by atoms with Crippen LogP contribution in [0.25, 0.3) is 0 Å². The van der Waals surface area contributed by atoms with Crippen molar-refractivity contribution >= 4 is 13.9 Å². The van der Waals surface area contributed by atoms with E-state index in [1.807, 2.05) is 0 Å². The fraction of sp³-hybridized carbons (Fsp3) is 0.455. The molecule has 1 unspecified atom stereocenters. The van der Waals surface area contributed by atoms with E-state index in [0.29, 0.717) is 0 Å². The number of likely N-dealkylation sites (N-methyl/N-ethyl adjacent to an activating group) is 1. The zero-order valence-corrected chi connectivity index (χ0v) is 9.44. The Labute approximate surface area is 81.6 Å². The number of hydrogen-bond acceptors (Lipinski definition) is 0. The molecule has 13 heavy (non-hydrogen) atoms. The third-order valence-corrected chi connectivity index (χ3v) is 4.65. The van der Waals surface area contributed by atoms with Crippen LogP contribution in [0.5, 0.6) is 0 Å². The van der Waals surface area contributed by atoms with Gasteiger partial charge in [0.25, 0.3) is 0 Å². The lowest BCUT2D eigenvalue weighted by Gasteiger charge is -2.33. The van der Waals surface area contributed by atoms with Gasteiger partial charge in [-0.3, -0.25) is 4.58 Å². The number of nitrogens with zero attached hydrogens (tertiary/aromatic N) is 1. The van der Waals surface area contributed by atoms with Crippen molar-refractivity contribution in [2.75, 3.05) is 13.7 Å². The topological polar surface area (TPSA) is 3.01 Å². The molecule has 0 aromatic rings. The minimum absolute atomic E-state index is 0.0421. The van der Waals surface area contributed by atoms with Gasteiger partial charge in [0.05, 0.1) is 12.0 Å². The fourth-order valence-electron chi connectivity index (χ4n) is 1.93. The van der Waals surface area contributed by atoms with Crippen molar-refractivity contribution in [3.05, 3.63) is 29.1 Å². The van der Waals surface area contributed by atoms with Gasteiger partial charge >= 0.3 is 0 Å². The van der Waals surface area contributed by atoms with Crippen molar-refractivity contribution in [3.63, 3.8) is 0 Å². The van der Waals surface area contributed by atoms with Gasteiger partial charge in [-0.05, 0) is 20.0 Å². The molecule has 0 bridgehead atoms. The van der Waals surface area contributed by atoms with E-state index in [9.17, 15) is 0 Å². The van der Waals surface area contributed by atoms with E-state index < -0.39 is 0 Å². The Morgan fingerprint density at radius 3 is 2.85 bits per heavy atom. The third kappa shape index (κ3) is 1.46. The predicted octanol–water partition coefficient (Wildman–Crippen LogP) is 2.94. The number of hydrogen-bond donors (Lipinski definition) is 0. The van der Waals surface area contributed by atoms with E-state index in [1.54, 1.807) is 5.31 Å². The van der Waals surface area contributed by atoms with Crippen molar-refractivity contribution in [1.82, 2.24) is 0 Å². The summed E-state index contributed by atoms with van der Waals surface area (Å²) < 4.78 is 2.28. The molecular formula is C11H16NP. The maximum Gasteiger partial charge on any atom is 0.121 e. The summed E-state index contributed by atoms with van der Waals surface area (Å²) in [5.74, 6) is 2.36. The Morgan fingerprint density at radius 1 is 1.38 bits per heavy atom. The fourth-order valence-corrected chi connectivity index (χ4v) is 3.80. The van der Waals surface area contributed by atoms with Crippen molar-refractivity contribution in [2.45, 2.75) is 19.8 Å². The Hall–Kier alpha value is -0.550. The lowest BCUT2D eigenvalue weighted by Crippen LogP contribution is -2.20. The lowest BCUT2D eigenvalue weighted by molar-refractivity contribution is -0.468. The smallest absolute Gasteiger partial charge is 0.121 e. The summed E-state index contributed by atoms with van der Waals surface area (Å²) in [4.78, 5) is 0. The van der Waals surface area contributed by atoms with Gasteiger partial charge in [0.1, 0.15) is 7.05 Å². The van der Waals surface area contributed by atoms with Crippen LogP contribution in [0.15, 0.2) is 23.0 Å². The van der Waals surface area contributed by atoms with Gasteiger partial charge in [0.2, 0.25) is 0 Å². The first-order valence-electron chi connectivity index (χ1n) is 4.75. The normalized spacial score (nSPS) is 27.5. The van der Waals surface area contributed by atoms with E-state index in [-0.39, 0.29) is 7.92 Å². The molecule has 1 atom stereocenters. The molecule has 1 nitrogen and oxygen atoms in total. The number of allylic oxidation sites excluding steroid dienone is 2. The molecule has 1 aliphatic heterocycles. The van der Waals surface area contributed by atoms with E-state index in [0.717, 1.165) is 0 Å². The van der Waals surface area contributed by atoms with E-state index in [1.165, 1.54) is 24.5 Å². The molecule has 2 rings (SSSR count). The zero-order valence-electron chi connectivity index (χ0n) is 8.54. The maximum atomic E-state index is 2.42. The van der Waals surface area contributed by atoms with Crippen LogP contribution in [-0.2, 0) is 0 Å². The standard InChI is InChI=1S/C11H16NP/c1-9-10-6-4-5-7-11(10)13(3)8-12(9)2/h6-8H,4-5H2,1-3H3. The van der Waals surface area contributed by atoms with Gasteiger partial charge in [-0.2, -0.15) is 0 Å². The molecule has 0 fully saturated rings. The Kier molecular flexibility index (Phi) is 2.29. The lowest BCUT2D eigenvalue weighted by atomic mass is 10.0. The van der Waals surface area contributed by atoms with Crippen LogP contribution in [-0.4, -0.2) is 24.2 Å². The quantitative estimate of drug-likeness (QED) is 0.316. The first-order valence-corrected chi connectivity index (χ1v) is 6.61. The molecule has 0 radical (unpaired) electrons. The average molecular weight is 193 g/mol. The van der Waals surface area contributed by atoms with Crippen LogP contribution >= 0.6 is 7.92 Å². The van der Waals surface area contributed by atoms with E-state index >= 15 is 0 Å². The monoisotopic (exact) mass is 193 g/mol. The number of fused-ring (bicyclic) bond motifs is 1. The highest BCUT2D eigenvalue weighted by Gasteiger charge is 2.22. The SMILES string of the molecule is C[C-]1C2=CCCC=C2P(C)C=[N+]1C. The molecule has 0 aromatic heterocycles. The molecule has 1 aliphatic carbocycles. The van der Waals surface area contributed by atoms with Gasteiger partial charge in [-0.1, -0.05) is 25.2 Å². The second kappa shape index (κ2) is 3.31. The largest absolute Gasteiger partial charge is 0.285 e. The average Bonchev–Trinajstić information content (AvgIpc) is 2.15. The summed E-state index contributed by atoms with van der Waals surface area (Å²) in [5.41, 5.74) is 1.50. The number of rotatable bonds is 0. The van der Waals surface area contributed by atoms with Crippen molar-refractivity contribution in [2.24, 2.45) is 0 Å². The highest BCUT2D eigenvalue weighted by atomic mass is 31.1. The molecule has 2 heteroatoms. The summed E-state index contributed by atoms with van der Waals surface area (Å²) in [5, 5.41) is 1.59. The van der Waals surface area contributed by atoms with Crippen LogP contribution in [0, 0.1) is 6.04 Å². The van der Waals surface area contributed by atoms with Crippen LogP contribution in [0.2, 0.25) is 0 Å².